The van der Waals surface area contributed by atoms with E-state index in [2.05, 4.69) is 15.6 Å². The van der Waals surface area contributed by atoms with Crippen molar-refractivity contribution in [3.8, 4) is 0 Å². The minimum atomic E-state index is -0.864. The first kappa shape index (κ1) is 14.0. The monoisotopic (exact) mass is 275 g/mol. The standard InChI is InChI=1S/C14H17N3O3/c1-9-4-5-15-7-11(9)8-16-14(20)17-12-3-2-10(6-12)13(18)19/h2-5,7,10,12H,6,8H2,1H3,(H,18,19)(H2,16,17,20). The Bertz CT molecular complexity index is 542. The first-order valence-corrected chi connectivity index (χ1v) is 6.41. The van der Waals surface area contributed by atoms with Gasteiger partial charge in [0.2, 0.25) is 0 Å². The number of carbonyl (C=O) groups excluding carboxylic acids is 1. The van der Waals surface area contributed by atoms with Crippen LogP contribution in [0.4, 0.5) is 4.79 Å². The van der Waals surface area contributed by atoms with Crippen molar-refractivity contribution < 1.29 is 14.7 Å². The van der Waals surface area contributed by atoms with E-state index in [1.54, 1.807) is 24.5 Å². The third kappa shape index (κ3) is 3.57. The number of aromatic nitrogens is 1. The maximum absolute atomic E-state index is 11.7. The van der Waals surface area contributed by atoms with E-state index in [4.69, 9.17) is 5.11 Å². The Morgan fingerprint density at radius 1 is 1.45 bits per heavy atom. The molecule has 0 fully saturated rings. The van der Waals surface area contributed by atoms with Gasteiger partial charge in [-0.3, -0.25) is 9.78 Å². The summed E-state index contributed by atoms with van der Waals surface area (Å²) >= 11 is 0. The van der Waals surface area contributed by atoms with Crippen LogP contribution in [0.5, 0.6) is 0 Å². The predicted molar refractivity (Wildman–Crippen MR) is 73.0 cm³/mol. The van der Waals surface area contributed by atoms with Gasteiger partial charge in [-0.25, -0.2) is 4.79 Å². The van der Waals surface area contributed by atoms with E-state index in [0.717, 1.165) is 11.1 Å². The molecule has 106 valence electrons. The highest BCUT2D eigenvalue weighted by Gasteiger charge is 2.25. The summed E-state index contributed by atoms with van der Waals surface area (Å²) in [6.45, 7) is 2.35. The lowest BCUT2D eigenvalue weighted by atomic mass is 10.1. The Morgan fingerprint density at radius 3 is 2.90 bits per heavy atom. The molecule has 6 nitrogen and oxygen atoms in total. The normalized spacial score (nSPS) is 20.6. The number of pyridine rings is 1. The molecule has 2 atom stereocenters. The van der Waals surface area contributed by atoms with Gasteiger partial charge in [-0.15, -0.1) is 0 Å². The van der Waals surface area contributed by atoms with Crippen molar-refractivity contribution in [2.24, 2.45) is 5.92 Å². The minimum Gasteiger partial charge on any atom is -0.481 e. The van der Waals surface area contributed by atoms with Crippen LogP contribution in [0, 0.1) is 12.8 Å². The van der Waals surface area contributed by atoms with Gasteiger partial charge in [0.05, 0.1) is 12.0 Å². The van der Waals surface area contributed by atoms with Gasteiger partial charge in [-0.2, -0.15) is 0 Å². The summed E-state index contributed by atoms with van der Waals surface area (Å²) in [4.78, 5) is 26.5. The Hall–Kier alpha value is -2.37. The Balaban J connectivity index is 1.78. The number of aryl methyl sites for hydroxylation is 1. The molecule has 1 heterocycles. The first-order chi connectivity index (χ1) is 9.56. The highest BCUT2D eigenvalue weighted by molar-refractivity contribution is 5.76. The summed E-state index contributed by atoms with van der Waals surface area (Å²) in [5, 5.41) is 14.3. The summed E-state index contributed by atoms with van der Waals surface area (Å²) in [7, 11) is 0. The summed E-state index contributed by atoms with van der Waals surface area (Å²) < 4.78 is 0. The van der Waals surface area contributed by atoms with Gasteiger partial charge in [0.25, 0.3) is 0 Å². The molecule has 0 aromatic carbocycles. The minimum absolute atomic E-state index is 0.230. The molecule has 0 saturated carbocycles. The van der Waals surface area contributed by atoms with Gasteiger partial charge in [0.1, 0.15) is 0 Å². The summed E-state index contributed by atoms with van der Waals surface area (Å²) in [6.07, 6.45) is 7.14. The molecule has 2 rings (SSSR count). The SMILES string of the molecule is Cc1ccncc1CNC(=O)NC1C=CC(C(=O)O)C1. The third-order valence-electron chi connectivity index (χ3n) is 3.30. The van der Waals surface area contributed by atoms with E-state index in [0.29, 0.717) is 13.0 Å². The highest BCUT2D eigenvalue weighted by Crippen LogP contribution is 2.17. The van der Waals surface area contributed by atoms with Crippen LogP contribution in [0.15, 0.2) is 30.6 Å². The van der Waals surface area contributed by atoms with Gasteiger partial charge < -0.3 is 15.7 Å². The topological polar surface area (TPSA) is 91.3 Å². The molecule has 1 aliphatic rings. The Morgan fingerprint density at radius 2 is 2.25 bits per heavy atom. The van der Waals surface area contributed by atoms with Crippen LogP contribution in [-0.4, -0.2) is 28.1 Å². The lowest BCUT2D eigenvalue weighted by molar-refractivity contribution is -0.140. The number of nitrogens with one attached hydrogen (secondary N) is 2. The zero-order chi connectivity index (χ0) is 14.5. The average molecular weight is 275 g/mol. The number of hydrogen-bond acceptors (Lipinski definition) is 3. The molecule has 2 amide bonds. The van der Waals surface area contributed by atoms with Crippen LogP contribution in [0.1, 0.15) is 17.5 Å². The van der Waals surface area contributed by atoms with Crippen LogP contribution in [0.25, 0.3) is 0 Å². The summed E-state index contributed by atoms with van der Waals surface area (Å²) in [5.41, 5.74) is 2.01. The number of rotatable bonds is 4. The first-order valence-electron chi connectivity index (χ1n) is 6.41. The van der Waals surface area contributed by atoms with Gasteiger partial charge in [-0.1, -0.05) is 12.2 Å². The zero-order valence-electron chi connectivity index (χ0n) is 11.2. The zero-order valence-corrected chi connectivity index (χ0v) is 11.2. The van der Waals surface area contributed by atoms with Crippen LogP contribution in [-0.2, 0) is 11.3 Å². The summed E-state index contributed by atoms with van der Waals surface area (Å²) in [6, 6.07) is 1.34. The number of hydrogen-bond donors (Lipinski definition) is 3. The van der Waals surface area contributed by atoms with Gasteiger partial charge in [-0.05, 0) is 30.5 Å². The van der Waals surface area contributed by atoms with Crippen molar-refractivity contribution in [2.45, 2.75) is 25.9 Å². The summed E-state index contributed by atoms with van der Waals surface area (Å²) in [5.74, 6) is -1.38. The molecule has 1 aromatic heterocycles. The number of amides is 2. The molecule has 0 spiro atoms. The quantitative estimate of drug-likeness (QED) is 0.720. The van der Waals surface area contributed by atoms with Gasteiger partial charge in [0.15, 0.2) is 0 Å². The van der Waals surface area contributed by atoms with E-state index in [-0.39, 0.29) is 12.1 Å². The molecule has 20 heavy (non-hydrogen) atoms. The molecular formula is C14H17N3O3. The van der Waals surface area contributed by atoms with Crippen molar-refractivity contribution in [2.75, 3.05) is 0 Å². The third-order valence-corrected chi connectivity index (χ3v) is 3.30. The lowest BCUT2D eigenvalue weighted by Crippen LogP contribution is -2.40. The van der Waals surface area contributed by atoms with E-state index >= 15 is 0 Å². The molecule has 0 saturated heterocycles. The van der Waals surface area contributed by atoms with Crippen molar-refractivity contribution >= 4 is 12.0 Å². The number of aliphatic carboxylic acids is 1. The van der Waals surface area contributed by atoms with Crippen molar-refractivity contribution in [3.63, 3.8) is 0 Å². The maximum Gasteiger partial charge on any atom is 0.315 e. The Labute approximate surface area is 116 Å². The molecule has 0 radical (unpaired) electrons. The van der Waals surface area contributed by atoms with Gasteiger partial charge >= 0.3 is 12.0 Å². The van der Waals surface area contributed by atoms with E-state index in [9.17, 15) is 9.59 Å². The number of carbonyl (C=O) groups is 2. The van der Waals surface area contributed by atoms with Crippen molar-refractivity contribution in [1.29, 1.82) is 0 Å². The second kappa shape index (κ2) is 6.18. The smallest absolute Gasteiger partial charge is 0.315 e. The molecule has 0 aliphatic heterocycles. The molecular weight excluding hydrogens is 258 g/mol. The molecule has 3 N–H and O–H groups in total. The van der Waals surface area contributed by atoms with Gasteiger partial charge in [0, 0.05) is 18.9 Å². The van der Waals surface area contributed by atoms with Crippen LogP contribution in [0.2, 0.25) is 0 Å². The molecule has 0 bridgehead atoms. The second-order valence-electron chi connectivity index (χ2n) is 4.80. The molecule has 1 aromatic rings. The predicted octanol–water partition coefficient (Wildman–Crippen LogP) is 1.22. The number of carboxylic acids is 1. The largest absolute Gasteiger partial charge is 0.481 e. The van der Waals surface area contributed by atoms with E-state index < -0.39 is 11.9 Å². The molecule has 1 aliphatic carbocycles. The van der Waals surface area contributed by atoms with Crippen molar-refractivity contribution in [3.05, 3.63) is 41.7 Å². The molecule has 2 unspecified atom stereocenters. The fourth-order valence-electron chi connectivity index (χ4n) is 2.07. The van der Waals surface area contributed by atoms with E-state index in [1.165, 1.54) is 0 Å². The second-order valence-corrected chi connectivity index (χ2v) is 4.80. The molecule has 6 heteroatoms. The van der Waals surface area contributed by atoms with Crippen molar-refractivity contribution in [1.82, 2.24) is 15.6 Å². The number of carboxylic acid groups (broad SMARTS) is 1. The fraction of sp³-hybridized carbons (Fsp3) is 0.357. The van der Waals surface area contributed by atoms with Crippen LogP contribution >= 0.6 is 0 Å². The fourth-order valence-corrected chi connectivity index (χ4v) is 2.07. The number of urea groups is 1. The maximum atomic E-state index is 11.7. The van der Waals surface area contributed by atoms with Crippen LogP contribution in [0.3, 0.4) is 0 Å². The Kier molecular flexibility index (Phi) is 4.34. The van der Waals surface area contributed by atoms with Crippen LogP contribution < -0.4 is 10.6 Å². The number of nitrogens with zero attached hydrogens (tertiary/aromatic N) is 1. The lowest BCUT2D eigenvalue weighted by Gasteiger charge is -2.13. The van der Waals surface area contributed by atoms with E-state index in [1.807, 2.05) is 13.0 Å². The highest BCUT2D eigenvalue weighted by atomic mass is 16.4. The average Bonchev–Trinajstić information content (AvgIpc) is 2.86.